The Hall–Kier alpha value is -0.860. The minimum atomic E-state index is 0.231. The molecule has 19 heavy (non-hydrogen) atoms. The minimum Gasteiger partial charge on any atom is -0.396 e. The van der Waals surface area contributed by atoms with Crippen LogP contribution in [0.3, 0.4) is 0 Å². The highest BCUT2D eigenvalue weighted by atomic mass is 16.2. The molecule has 0 saturated carbocycles. The van der Waals surface area contributed by atoms with Gasteiger partial charge in [0.25, 0.3) is 0 Å². The van der Waals surface area contributed by atoms with Crippen molar-refractivity contribution < 1.29 is 5.11 Å². The van der Waals surface area contributed by atoms with E-state index in [4.69, 9.17) is 5.11 Å². The first-order valence-corrected chi connectivity index (χ1v) is 7.27. The Bertz CT molecular complexity index is 398. The van der Waals surface area contributed by atoms with Crippen LogP contribution in [0.15, 0.2) is 18.2 Å². The van der Waals surface area contributed by atoms with Gasteiger partial charge in [0.15, 0.2) is 0 Å². The van der Waals surface area contributed by atoms with E-state index in [2.05, 4.69) is 58.1 Å². The maximum Gasteiger partial charge on any atom is 0.0431 e. The fourth-order valence-electron chi connectivity index (χ4n) is 2.41. The molecule has 108 valence electrons. The van der Waals surface area contributed by atoms with E-state index >= 15 is 0 Å². The average molecular weight is 263 g/mol. The number of aliphatic hydroxyl groups is 1. The molecule has 0 spiro atoms. The average Bonchev–Trinajstić information content (AvgIpc) is 2.36. The zero-order valence-corrected chi connectivity index (χ0v) is 13.1. The second-order valence-corrected chi connectivity index (χ2v) is 6.45. The predicted octanol–water partition coefficient (Wildman–Crippen LogP) is 3.75. The standard InChI is InChI=1S/C17H29NO/c1-13-7-8-14(2)16(11-13)15(3)18-12-17(4,5)9-6-10-19/h7-8,11,15,18-19H,6,9-10,12H2,1-5H3. The van der Waals surface area contributed by atoms with Crippen LogP contribution in [-0.4, -0.2) is 18.3 Å². The molecule has 1 unspecified atom stereocenters. The van der Waals surface area contributed by atoms with E-state index in [1.165, 1.54) is 16.7 Å². The summed E-state index contributed by atoms with van der Waals surface area (Å²) >= 11 is 0. The molecule has 1 rings (SSSR count). The highest BCUT2D eigenvalue weighted by Gasteiger charge is 2.19. The van der Waals surface area contributed by atoms with Crippen LogP contribution in [0, 0.1) is 19.3 Å². The molecule has 1 aromatic rings. The third kappa shape index (κ3) is 5.33. The van der Waals surface area contributed by atoms with Crippen molar-refractivity contribution in [2.75, 3.05) is 13.2 Å². The second-order valence-electron chi connectivity index (χ2n) is 6.45. The lowest BCUT2D eigenvalue weighted by atomic mass is 9.87. The molecule has 2 heteroatoms. The summed E-state index contributed by atoms with van der Waals surface area (Å²) in [4.78, 5) is 0. The summed E-state index contributed by atoms with van der Waals surface area (Å²) in [5, 5.41) is 12.6. The summed E-state index contributed by atoms with van der Waals surface area (Å²) in [6, 6.07) is 7.00. The third-order valence-electron chi connectivity index (χ3n) is 3.80. The maximum absolute atomic E-state index is 8.93. The van der Waals surface area contributed by atoms with Gasteiger partial charge < -0.3 is 10.4 Å². The zero-order chi connectivity index (χ0) is 14.5. The van der Waals surface area contributed by atoms with Gasteiger partial charge in [0, 0.05) is 19.2 Å². The lowest BCUT2D eigenvalue weighted by molar-refractivity contribution is 0.233. The van der Waals surface area contributed by atoms with E-state index < -0.39 is 0 Å². The van der Waals surface area contributed by atoms with E-state index in [9.17, 15) is 0 Å². The van der Waals surface area contributed by atoms with Crippen LogP contribution in [0.1, 0.15) is 56.3 Å². The van der Waals surface area contributed by atoms with Gasteiger partial charge in [-0.3, -0.25) is 0 Å². The number of hydrogen-bond donors (Lipinski definition) is 2. The summed E-state index contributed by atoms with van der Waals surface area (Å²) in [7, 11) is 0. The van der Waals surface area contributed by atoms with Crippen molar-refractivity contribution in [2.24, 2.45) is 5.41 Å². The quantitative estimate of drug-likeness (QED) is 0.785. The van der Waals surface area contributed by atoms with Gasteiger partial charge in [-0.2, -0.15) is 0 Å². The molecule has 0 bridgehead atoms. The van der Waals surface area contributed by atoms with Crippen molar-refractivity contribution in [2.45, 2.75) is 53.5 Å². The molecule has 0 aromatic heterocycles. The van der Waals surface area contributed by atoms with Gasteiger partial charge in [-0.15, -0.1) is 0 Å². The zero-order valence-electron chi connectivity index (χ0n) is 13.1. The monoisotopic (exact) mass is 263 g/mol. The molecule has 0 aliphatic carbocycles. The van der Waals surface area contributed by atoms with Crippen LogP contribution < -0.4 is 5.32 Å². The van der Waals surface area contributed by atoms with Crippen molar-refractivity contribution in [3.63, 3.8) is 0 Å². The molecule has 2 nitrogen and oxygen atoms in total. The van der Waals surface area contributed by atoms with Crippen molar-refractivity contribution in [1.82, 2.24) is 5.32 Å². The van der Waals surface area contributed by atoms with Gasteiger partial charge in [-0.05, 0) is 50.2 Å². The first kappa shape index (κ1) is 16.2. The van der Waals surface area contributed by atoms with Gasteiger partial charge >= 0.3 is 0 Å². The van der Waals surface area contributed by atoms with E-state index in [-0.39, 0.29) is 12.0 Å². The Balaban J connectivity index is 2.59. The van der Waals surface area contributed by atoms with Crippen LogP contribution in [0.25, 0.3) is 0 Å². The highest BCUT2D eigenvalue weighted by molar-refractivity contribution is 5.32. The Morgan fingerprint density at radius 1 is 1.26 bits per heavy atom. The van der Waals surface area contributed by atoms with Crippen molar-refractivity contribution in [3.8, 4) is 0 Å². The van der Waals surface area contributed by atoms with Gasteiger partial charge in [-0.1, -0.05) is 37.6 Å². The molecule has 0 saturated heterocycles. The SMILES string of the molecule is Cc1ccc(C)c(C(C)NCC(C)(C)CCCO)c1. The van der Waals surface area contributed by atoms with Crippen LogP contribution in [0.5, 0.6) is 0 Å². The van der Waals surface area contributed by atoms with Gasteiger partial charge in [0.05, 0.1) is 0 Å². The number of aliphatic hydroxyl groups excluding tert-OH is 1. The number of rotatable bonds is 7. The molecule has 0 heterocycles. The van der Waals surface area contributed by atoms with E-state index in [0.29, 0.717) is 6.04 Å². The van der Waals surface area contributed by atoms with E-state index in [0.717, 1.165) is 19.4 Å². The fourth-order valence-corrected chi connectivity index (χ4v) is 2.41. The lowest BCUT2D eigenvalue weighted by Gasteiger charge is -2.28. The number of aryl methyl sites for hydroxylation is 2. The molecule has 1 aromatic carbocycles. The normalized spacial score (nSPS) is 13.6. The molecule has 0 amide bonds. The summed E-state index contributed by atoms with van der Waals surface area (Å²) in [6.45, 7) is 12.3. The second kappa shape index (κ2) is 7.06. The van der Waals surface area contributed by atoms with Gasteiger partial charge in [0.2, 0.25) is 0 Å². The molecule has 0 fully saturated rings. The number of hydrogen-bond acceptors (Lipinski definition) is 2. The maximum atomic E-state index is 8.93. The summed E-state index contributed by atoms with van der Waals surface area (Å²) in [5.41, 5.74) is 4.28. The Labute approximate surface area is 118 Å². The summed E-state index contributed by atoms with van der Waals surface area (Å²) in [5.74, 6) is 0. The predicted molar refractivity (Wildman–Crippen MR) is 82.4 cm³/mol. The Kier molecular flexibility index (Phi) is 6.02. The Morgan fingerprint density at radius 3 is 2.58 bits per heavy atom. The minimum absolute atomic E-state index is 0.231. The molecular formula is C17H29NO. The van der Waals surface area contributed by atoms with Crippen molar-refractivity contribution in [3.05, 3.63) is 34.9 Å². The smallest absolute Gasteiger partial charge is 0.0431 e. The fraction of sp³-hybridized carbons (Fsp3) is 0.647. The van der Waals surface area contributed by atoms with Crippen LogP contribution in [0.4, 0.5) is 0 Å². The van der Waals surface area contributed by atoms with Crippen LogP contribution >= 0.6 is 0 Å². The van der Waals surface area contributed by atoms with Crippen LogP contribution in [-0.2, 0) is 0 Å². The topological polar surface area (TPSA) is 32.3 Å². The summed E-state index contributed by atoms with van der Waals surface area (Å²) < 4.78 is 0. The molecular weight excluding hydrogens is 234 g/mol. The first-order chi connectivity index (χ1) is 8.85. The summed E-state index contributed by atoms with van der Waals surface area (Å²) in [6.07, 6.45) is 1.93. The van der Waals surface area contributed by atoms with Gasteiger partial charge in [-0.25, -0.2) is 0 Å². The van der Waals surface area contributed by atoms with Gasteiger partial charge in [0.1, 0.15) is 0 Å². The van der Waals surface area contributed by atoms with E-state index in [1.54, 1.807) is 0 Å². The number of benzene rings is 1. The Morgan fingerprint density at radius 2 is 1.95 bits per heavy atom. The number of nitrogens with one attached hydrogen (secondary N) is 1. The molecule has 1 atom stereocenters. The van der Waals surface area contributed by atoms with Crippen molar-refractivity contribution in [1.29, 1.82) is 0 Å². The molecule has 2 N–H and O–H groups in total. The lowest BCUT2D eigenvalue weighted by Crippen LogP contribution is -2.31. The van der Waals surface area contributed by atoms with E-state index in [1.807, 2.05) is 0 Å². The molecule has 0 aliphatic heterocycles. The van der Waals surface area contributed by atoms with Crippen molar-refractivity contribution >= 4 is 0 Å². The largest absolute Gasteiger partial charge is 0.396 e. The van der Waals surface area contributed by atoms with Crippen LogP contribution in [0.2, 0.25) is 0 Å². The molecule has 0 aliphatic rings. The highest BCUT2D eigenvalue weighted by Crippen LogP contribution is 2.24. The first-order valence-electron chi connectivity index (χ1n) is 7.27. The molecule has 0 radical (unpaired) electrons. The third-order valence-corrected chi connectivity index (χ3v) is 3.80.